The van der Waals surface area contributed by atoms with Crippen LogP contribution in [0.15, 0.2) is 34.5 Å². The summed E-state index contributed by atoms with van der Waals surface area (Å²) >= 11 is 4.48. The fourth-order valence-corrected chi connectivity index (χ4v) is 2.13. The van der Waals surface area contributed by atoms with Gasteiger partial charge in [0, 0.05) is 6.20 Å². The highest BCUT2D eigenvalue weighted by atomic mass is 79.9. The highest BCUT2D eigenvalue weighted by molar-refractivity contribution is 9.11. The van der Waals surface area contributed by atoms with Gasteiger partial charge in [0.2, 0.25) is 0 Å². The maximum Gasteiger partial charge on any atom is 0.268 e. The lowest BCUT2D eigenvalue weighted by atomic mass is 10.4. The first-order valence-corrected chi connectivity index (χ1v) is 5.70. The topological polar surface area (TPSA) is 54.9 Å². The molecule has 0 aliphatic carbocycles. The standard InChI is InChI=1S/C9H6BrN3OS/c10-9-12-5-6(15-9)8(14)13-7-3-1-2-4-11-7/h1-5H,(H,11,13,14). The molecule has 15 heavy (non-hydrogen) atoms. The Kier molecular flexibility index (Phi) is 3.08. The van der Waals surface area contributed by atoms with Crippen LogP contribution >= 0.6 is 27.3 Å². The second-order valence-electron chi connectivity index (χ2n) is 2.65. The van der Waals surface area contributed by atoms with Crippen molar-refractivity contribution in [1.82, 2.24) is 9.97 Å². The number of halogens is 1. The third-order valence-electron chi connectivity index (χ3n) is 1.61. The molecule has 0 saturated carbocycles. The van der Waals surface area contributed by atoms with Gasteiger partial charge in [-0.1, -0.05) is 6.07 Å². The molecule has 2 heterocycles. The number of hydrogen-bond donors (Lipinski definition) is 1. The van der Waals surface area contributed by atoms with Crippen LogP contribution in [0.2, 0.25) is 0 Å². The minimum Gasteiger partial charge on any atom is -0.306 e. The monoisotopic (exact) mass is 283 g/mol. The van der Waals surface area contributed by atoms with Gasteiger partial charge in [-0.05, 0) is 28.1 Å². The second-order valence-corrected chi connectivity index (χ2v) is 4.95. The molecule has 0 fully saturated rings. The van der Waals surface area contributed by atoms with Crippen molar-refractivity contribution in [3.8, 4) is 0 Å². The van der Waals surface area contributed by atoms with Crippen molar-refractivity contribution in [2.75, 3.05) is 5.32 Å². The molecular weight excluding hydrogens is 278 g/mol. The Labute approximate surface area is 98.5 Å². The van der Waals surface area contributed by atoms with E-state index in [-0.39, 0.29) is 5.91 Å². The number of nitrogens with zero attached hydrogens (tertiary/aromatic N) is 2. The van der Waals surface area contributed by atoms with Gasteiger partial charge in [0.05, 0.1) is 6.20 Å². The normalized spacial score (nSPS) is 9.93. The predicted octanol–water partition coefficient (Wildman–Crippen LogP) is 2.55. The van der Waals surface area contributed by atoms with Crippen LogP contribution in [0, 0.1) is 0 Å². The molecule has 2 rings (SSSR count). The molecule has 0 aliphatic heterocycles. The maximum absolute atomic E-state index is 11.6. The Bertz CT molecular complexity index is 471. The molecule has 0 radical (unpaired) electrons. The molecule has 2 aromatic rings. The molecule has 1 amide bonds. The van der Waals surface area contributed by atoms with E-state index in [0.29, 0.717) is 14.6 Å². The summed E-state index contributed by atoms with van der Waals surface area (Å²) in [6.45, 7) is 0. The first-order valence-electron chi connectivity index (χ1n) is 4.09. The van der Waals surface area contributed by atoms with Crippen molar-refractivity contribution >= 4 is 39.0 Å². The van der Waals surface area contributed by atoms with Crippen LogP contribution in [-0.4, -0.2) is 15.9 Å². The summed E-state index contributed by atoms with van der Waals surface area (Å²) in [5.74, 6) is 0.337. The number of carbonyl (C=O) groups excluding carboxylic acids is 1. The zero-order chi connectivity index (χ0) is 10.7. The second kappa shape index (κ2) is 4.50. The number of pyridine rings is 1. The Morgan fingerprint density at radius 1 is 1.40 bits per heavy atom. The number of nitrogens with one attached hydrogen (secondary N) is 1. The van der Waals surface area contributed by atoms with Gasteiger partial charge < -0.3 is 5.32 Å². The molecule has 6 heteroatoms. The van der Waals surface area contributed by atoms with Crippen molar-refractivity contribution in [2.45, 2.75) is 0 Å². The number of aromatic nitrogens is 2. The lowest BCUT2D eigenvalue weighted by Gasteiger charge is -2.00. The van der Waals surface area contributed by atoms with Gasteiger partial charge in [0.1, 0.15) is 10.7 Å². The highest BCUT2D eigenvalue weighted by Gasteiger charge is 2.09. The third kappa shape index (κ3) is 2.60. The van der Waals surface area contributed by atoms with Crippen LogP contribution in [0.25, 0.3) is 0 Å². The molecule has 0 atom stereocenters. The van der Waals surface area contributed by atoms with E-state index in [1.54, 1.807) is 18.3 Å². The average Bonchev–Trinajstić information content (AvgIpc) is 2.66. The summed E-state index contributed by atoms with van der Waals surface area (Å²) in [6.07, 6.45) is 3.14. The van der Waals surface area contributed by atoms with Crippen molar-refractivity contribution < 1.29 is 4.79 Å². The van der Waals surface area contributed by atoms with Gasteiger partial charge in [-0.15, -0.1) is 11.3 Å². The number of rotatable bonds is 2. The van der Waals surface area contributed by atoms with Gasteiger partial charge in [0.25, 0.3) is 5.91 Å². The highest BCUT2D eigenvalue weighted by Crippen LogP contribution is 2.19. The summed E-state index contributed by atoms with van der Waals surface area (Å²) in [6, 6.07) is 5.33. The number of carbonyl (C=O) groups is 1. The quantitative estimate of drug-likeness (QED) is 0.922. The summed E-state index contributed by atoms with van der Waals surface area (Å²) in [7, 11) is 0. The number of amides is 1. The largest absolute Gasteiger partial charge is 0.306 e. The van der Waals surface area contributed by atoms with Crippen molar-refractivity contribution in [3.63, 3.8) is 0 Å². The van der Waals surface area contributed by atoms with Crippen LogP contribution in [0.4, 0.5) is 5.82 Å². The van der Waals surface area contributed by atoms with E-state index in [9.17, 15) is 4.79 Å². The number of anilines is 1. The van der Waals surface area contributed by atoms with Gasteiger partial charge in [-0.3, -0.25) is 4.79 Å². The molecule has 0 saturated heterocycles. The predicted molar refractivity (Wildman–Crippen MR) is 62.0 cm³/mol. The van der Waals surface area contributed by atoms with Gasteiger partial charge >= 0.3 is 0 Å². The van der Waals surface area contributed by atoms with E-state index >= 15 is 0 Å². The molecule has 0 bridgehead atoms. The first kappa shape index (κ1) is 10.3. The van der Waals surface area contributed by atoms with E-state index in [1.165, 1.54) is 17.5 Å². The zero-order valence-corrected chi connectivity index (χ0v) is 9.88. The van der Waals surface area contributed by atoms with Gasteiger partial charge in [-0.2, -0.15) is 0 Å². The first-order chi connectivity index (χ1) is 7.25. The molecule has 4 nitrogen and oxygen atoms in total. The minimum atomic E-state index is -0.197. The molecule has 0 aliphatic rings. The van der Waals surface area contributed by atoms with Crippen LogP contribution in [-0.2, 0) is 0 Å². The molecular formula is C9H6BrN3OS. The van der Waals surface area contributed by atoms with Gasteiger partial charge in [-0.25, -0.2) is 9.97 Å². The molecule has 0 spiro atoms. The van der Waals surface area contributed by atoms with Crippen LogP contribution in [0.1, 0.15) is 9.67 Å². The molecule has 1 N–H and O–H groups in total. The third-order valence-corrected chi connectivity index (χ3v) is 3.08. The summed E-state index contributed by atoms with van der Waals surface area (Å²) in [5.41, 5.74) is 0. The van der Waals surface area contributed by atoms with E-state index in [4.69, 9.17) is 0 Å². The van der Waals surface area contributed by atoms with E-state index < -0.39 is 0 Å². The Balaban J connectivity index is 2.11. The zero-order valence-electron chi connectivity index (χ0n) is 7.48. The Morgan fingerprint density at radius 2 is 2.27 bits per heavy atom. The van der Waals surface area contributed by atoms with Crippen LogP contribution in [0.5, 0.6) is 0 Å². The smallest absolute Gasteiger partial charge is 0.268 e. The molecule has 76 valence electrons. The van der Waals surface area contributed by atoms with Crippen molar-refractivity contribution in [3.05, 3.63) is 39.4 Å². The number of thiazole rings is 1. The average molecular weight is 284 g/mol. The Hall–Kier alpha value is -1.27. The number of hydrogen-bond acceptors (Lipinski definition) is 4. The Morgan fingerprint density at radius 3 is 2.87 bits per heavy atom. The SMILES string of the molecule is O=C(Nc1ccccn1)c1cnc(Br)s1. The minimum absolute atomic E-state index is 0.197. The van der Waals surface area contributed by atoms with Crippen LogP contribution < -0.4 is 5.32 Å². The maximum atomic E-state index is 11.6. The van der Waals surface area contributed by atoms with Crippen molar-refractivity contribution in [1.29, 1.82) is 0 Å². The molecule has 0 aromatic carbocycles. The van der Waals surface area contributed by atoms with Gasteiger partial charge in [0.15, 0.2) is 3.92 Å². The fraction of sp³-hybridized carbons (Fsp3) is 0. The van der Waals surface area contributed by atoms with E-state index in [1.807, 2.05) is 6.07 Å². The summed E-state index contributed by atoms with van der Waals surface area (Å²) in [5, 5.41) is 2.67. The van der Waals surface area contributed by atoms with E-state index in [0.717, 1.165) is 0 Å². The molecule has 0 unspecified atom stereocenters. The lowest BCUT2D eigenvalue weighted by molar-refractivity contribution is 0.103. The van der Waals surface area contributed by atoms with E-state index in [2.05, 4.69) is 31.2 Å². The molecule has 2 aromatic heterocycles. The van der Waals surface area contributed by atoms with Crippen molar-refractivity contribution in [2.24, 2.45) is 0 Å². The van der Waals surface area contributed by atoms with Crippen LogP contribution in [0.3, 0.4) is 0 Å². The fourth-order valence-electron chi connectivity index (χ4n) is 0.972. The summed E-state index contributed by atoms with van der Waals surface area (Å²) < 4.78 is 0.689. The lowest BCUT2D eigenvalue weighted by Crippen LogP contribution is -2.10. The summed E-state index contributed by atoms with van der Waals surface area (Å²) in [4.78, 5) is 20.1.